The third-order valence-corrected chi connectivity index (χ3v) is 3.39. The normalized spacial score (nSPS) is 15.7. The van der Waals surface area contributed by atoms with Gasteiger partial charge in [-0.25, -0.2) is 10.4 Å². The summed E-state index contributed by atoms with van der Waals surface area (Å²) in [5, 5.41) is 2.33. The van der Waals surface area contributed by atoms with Crippen LogP contribution < -0.4 is 5.43 Å². The molecule has 2 aromatic rings. The molecule has 98 valence electrons. The van der Waals surface area contributed by atoms with Crippen molar-refractivity contribution in [3.05, 3.63) is 36.0 Å². The van der Waals surface area contributed by atoms with Gasteiger partial charge in [0.1, 0.15) is 0 Å². The number of carbonyl (C=O) groups is 2. The van der Waals surface area contributed by atoms with Crippen LogP contribution in [0, 0.1) is 0 Å². The van der Waals surface area contributed by atoms with E-state index in [0.717, 1.165) is 16.9 Å². The van der Waals surface area contributed by atoms with E-state index >= 15 is 0 Å². The van der Waals surface area contributed by atoms with Crippen molar-refractivity contribution >= 4 is 22.7 Å². The van der Waals surface area contributed by atoms with Crippen molar-refractivity contribution in [1.29, 1.82) is 0 Å². The van der Waals surface area contributed by atoms with Crippen LogP contribution in [0.25, 0.3) is 10.9 Å². The van der Waals surface area contributed by atoms with Gasteiger partial charge in [0, 0.05) is 36.5 Å². The second-order valence-corrected chi connectivity index (χ2v) is 4.64. The molecule has 2 amide bonds. The van der Waals surface area contributed by atoms with Gasteiger partial charge >= 0.3 is 0 Å². The fourth-order valence-corrected chi connectivity index (χ4v) is 2.39. The Bertz CT molecular complexity index is 616. The fourth-order valence-electron chi connectivity index (χ4n) is 2.39. The maximum Gasteiger partial charge on any atom is 0.244 e. The number of fused-ring (bicyclic) bond motifs is 1. The van der Waals surface area contributed by atoms with Crippen molar-refractivity contribution in [3.63, 3.8) is 0 Å². The zero-order chi connectivity index (χ0) is 13.2. The van der Waals surface area contributed by atoms with Crippen molar-refractivity contribution in [2.24, 2.45) is 0 Å². The molecule has 5 nitrogen and oxygen atoms in total. The van der Waals surface area contributed by atoms with E-state index in [1.165, 1.54) is 10.9 Å². The molecule has 0 bridgehead atoms. The van der Waals surface area contributed by atoms with Crippen LogP contribution in [0.3, 0.4) is 0 Å². The van der Waals surface area contributed by atoms with Gasteiger partial charge < -0.3 is 4.98 Å². The van der Waals surface area contributed by atoms with Gasteiger partial charge in [0.2, 0.25) is 11.8 Å². The van der Waals surface area contributed by atoms with E-state index in [1.807, 2.05) is 24.4 Å². The molecule has 1 aliphatic heterocycles. The largest absolute Gasteiger partial charge is 0.361 e. The van der Waals surface area contributed by atoms with Crippen LogP contribution in [0.15, 0.2) is 30.5 Å². The molecule has 19 heavy (non-hydrogen) atoms. The first-order chi connectivity index (χ1) is 9.25. The number of hydrogen-bond donors (Lipinski definition) is 2. The van der Waals surface area contributed by atoms with Gasteiger partial charge in [0.25, 0.3) is 0 Å². The fraction of sp³-hybridized carbons (Fsp3) is 0.286. The number of carbonyl (C=O) groups excluding carboxylic acids is 2. The molecule has 0 atom stereocenters. The van der Waals surface area contributed by atoms with Gasteiger partial charge in [0.15, 0.2) is 0 Å². The smallest absolute Gasteiger partial charge is 0.244 e. The number of para-hydroxylation sites is 1. The molecule has 1 fully saturated rings. The second kappa shape index (κ2) is 4.85. The number of nitrogens with one attached hydrogen (secondary N) is 2. The standard InChI is InChI=1S/C14H15N3O2/c18-13-5-6-14(19)17(13)16-8-7-10-9-15-12-4-2-1-3-11(10)12/h1-4,9,15-16H,5-8H2. The van der Waals surface area contributed by atoms with Crippen LogP contribution in [-0.2, 0) is 16.0 Å². The molecule has 0 aliphatic carbocycles. The van der Waals surface area contributed by atoms with E-state index in [4.69, 9.17) is 0 Å². The average Bonchev–Trinajstić information content (AvgIpc) is 2.97. The molecule has 0 saturated carbocycles. The Hall–Kier alpha value is -2.14. The zero-order valence-electron chi connectivity index (χ0n) is 10.5. The van der Waals surface area contributed by atoms with Crippen molar-refractivity contribution < 1.29 is 9.59 Å². The molecule has 1 aromatic heterocycles. The number of aromatic nitrogens is 1. The van der Waals surface area contributed by atoms with E-state index in [9.17, 15) is 9.59 Å². The van der Waals surface area contributed by atoms with Crippen LogP contribution in [-0.4, -0.2) is 28.4 Å². The van der Waals surface area contributed by atoms with Crippen LogP contribution in [0.5, 0.6) is 0 Å². The number of hydrogen-bond acceptors (Lipinski definition) is 3. The number of amides is 2. The predicted octanol–water partition coefficient (Wildman–Crippen LogP) is 1.36. The summed E-state index contributed by atoms with van der Waals surface area (Å²) in [6.07, 6.45) is 3.37. The number of rotatable bonds is 4. The van der Waals surface area contributed by atoms with E-state index in [2.05, 4.69) is 16.5 Å². The lowest BCUT2D eigenvalue weighted by molar-refractivity contribution is -0.142. The number of H-pyrrole nitrogens is 1. The summed E-state index contributed by atoms with van der Waals surface area (Å²) in [7, 11) is 0. The summed E-state index contributed by atoms with van der Waals surface area (Å²) in [6.45, 7) is 0.569. The Balaban J connectivity index is 1.63. The average molecular weight is 257 g/mol. The Labute approximate surface area is 110 Å². The van der Waals surface area contributed by atoms with Crippen molar-refractivity contribution in [2.75, 3.05) is 6.54 Å². The first-order valence-electron chi connectivity index (χ1n) is 6.40. The molecule has 2 N–H and O–H groups in total. The van der Waals surface area contributed by atoms with Gasteiger partial charge in [-0.3, -0.25) is 9.59 Å². The third kappa shape index (κ3) is 2.24. The molecule has 1 aliphatic rings. The van der Waals surface area contributed by atoms with Crippen LogP contribution in [0.4, 0.5) is 0 Å². The molecule has 1 aromatic carbocycles. The first-order valence-corrected chi connectivity index (χ1v) is 6.40. The lowest BCUT2D eigenvalue weighted by Crippen LogP contribution is -2.42. The third-order valence-electron chi connectivity index (χ3n) is 3.39. The van der Waals surface area contributed by atoms with E-state index in [0.29, 0.717) is 19.4 Å². The quantitative estimate of drug-likeness (QED) is 0.813. The SMILES string of the molecule is O=C1CCC(=O)N1NCCc1c[nH]c2ccccc12. The van der Waals surface area contributed by atoms with Crippen molar-refractivity contribution in [1.82, 2.24) is 15.4 Å². The minimum absolute atomic E-state index is 0.135. The minimum atomic E-state index is -0.135. The van der Waals surface area contributed by atoms with Crippen LogP contribution in [0.2, 0.25) is 0 Å². The number of hydrazine groups is 1. The molecular formula is C14H15N3O2. The summed E-state index contributed by atoms with van der Waals surface area (Å²) >= 11 is 0. The highest BCUT2D eigenvalue weighted by Crippen LogP contribution is 2.18. The molecule has 1 saturated heterocycles. The Kier molecular flexibility index (Phi) is 3.05. The summed E-state index contributed by atoms with van der Waals surface area (Å²) < 4.78 is 0. The summed E-state index contributed by atoms with van der Waals surface area (Å²) in [5.74, 6) is -0.271. The molecule has 2 heterocycles. The van der Waals surface area contributed by atoms with Gasteiger partial charge in [-0.1, -0.05) is 18.2 Å². The number of aromatic amines is 1. The molecule has 0 unspecified atom stereocenters. The van der Waals surface area contributed by atoms with E-state index in [-0.39, 0.29) is 11.8 Å². The predicted molar refractivity (Wildman–Crippen MR) is 71.1 cm³/mol. The highest BCUT2D eigenvalue weighted by Gasteiger charge is 2.28. The lowest BCUT2D eigenvalue weighted by Gasteiger charge is -2.14. The maximum absolute atomic E-state index is 11.4. The lowest BCUT2D eigenvalue weighted by atomic mass is 10.1. The Morgan fingerprint density at radius 2 is 1.89 bits per heavy atom. The van der Waals surface area contributed by atoms with Crippen molar-refractivity contribution in [3.8, 4) is 0 Å². The molecule has 0 spiro atoms. The van der Waals surface area contributed by atoms with Crippen LogP contribution in [0.1, 0.15) is 18.4 Å². The summed E-state index contributed by atoms with van der Waals surface area (Å²) in [4.78, 5) is 26.1. The topological polar surface area (TPSA) is 65.2 Å². The van der Waals surface area contributed by atoms with Crippen LogP contribution >= 0.6 is 0 Å². The first kappa shape index (κ1) is 11.9. The number of benzene rings is 1. The second-order valence-electron chi connectivity index (χ2n) is 4.64. The maximum atomic E-state index is 11.4. The van der Waals surface area contributed by atoms with E-state index < -0.39 is 0 Å². The Morgan fingerprint density at radius 1 is 1.16 bits per heavy atom. The van der Waals surface area contributed by atoms with Gasteiger partial charge in [-0.2, -0.15) is 0 Å². The summed E-state index contributed by atoms with van der Waals surface area (Å²) in [6, 6.07) is 8.08. The highest BCUT2D eigenvalue weighted by atomic mass is 16.2. The Morgan fingerprint density at radius 3 is 2.68 bits per heavy atom. The van der Waals surface area contributed by atoms with Gasteiger partial charge in [-0.05, 0) is 18.1 Å². The minimum Gasteiger partial charge on any atom is -0.361 e. The summed E-state index contributed by atoms with van der Waals surface area (Å²) in [5.41, 5.74) is 5.19. The molecule has 3 rings (SSSR count). The number of imide groups is 1. The van der Waals surface area contributed by atoms with Crippen molar-refractivity contribution in [2.45, 2.75) is 19.3 Å². The van der Waals surface area contributed by atoms with Gasteiger partial charge in [0.05, 0.1) is 0 Å². The van der Waals surface area contributed by atoms with Gasteiger partial charge in [-0.15, -0.1) is 0 Å². The molecular weight excluding hydrogens is 242 g/mol. The molecule has 0 radical (unpaired) electrons. The highest BCUT2D eigenvalue weighted by molar-refractivity contribution is 6.01. The number of nitrogens with zero attached hydrogens (tertiary/aromatic N) is 1. The monoisotopic (exact) mass is 257 g/mol. The zero-order valence-corrected chi connectivity index (χ0v) is 10.5. The molecule has 5 heteroatoms. The van der Waals surface area contributed by atoms with E-state index in [1.54, 1.807) is 0 Å².